The highest BCUT2D eigenvalue weighted by atomic mass is 19.4. The van der Waals surface area contributed by atoms with Crippen LogP contribution < -0.4 is 0 Å². The van der Waals surface area contributed by atoms with E-state index in [0.717, 1.165) is 87.0 Å². The fourth-order valence-electron chi connectivity index (χ4n) is 3.47. The van der Waals surface area contributed by atoms with Gasteiger partial charge in [0.25, 0.3) is 0 Å². The van der Waals surface area contributed by atoms with Gasteiger partial charge in [-0.2, -0.15) is 39.5 Å². The monoisotopic (exact) mass is 802 g/mol. The highest BCUT2D eigenvalue weighted by molar-refractivity contribution is 5.97. The number of rotatable bonds is 9. The molecule has 0 saturated heterocycles. The van der Waals surface area contributed by atoms with Gasteiger partial charge in [-0.3, -0.25) is 4.79 Å². The van der Waals surface area contributed by atoms with Crippen LogP contribution in [-0.2, 0) is 56.5 Å². The van der Waals surface area contributed by atoms with E-state index in [1.54, 1.807) is 0 Å². The van der Waals surface area contributed by atoms with Gasteiger partial charge >= 0.3 is 36.4 Å². The maximum Gasteiger partial charge on any atom is 0.416 e. The molecule has 0 spiro atoms. The Morgan fingerprint density at radius 2 is 0.855 bits per heavy atom. The molecule has 0 aliphatic carbocycles. The summed E-state index contributed by atoms with van der Waals surface area (Å²) >= 11 is 0. The van der Waals surface area contributed by atoms with Crippen LogP contribution in [0.15, 0.2) is 78.6 Å². The number of hydrogen-bond acceptors (Lipinski definition) is 11. The lowest BCUT2D eigenvalue weighted by atomic mass is 10.1. The van der Waals surface area contributed by atoms with Gasteiger partial charge in [0.2, 0.25) is 5.76 Å². The van der Waals surface area contributed by atoms with Crippen molar-refractivity contribution in [3.63, 3.8) is 0 Å². The van der Waals surface area contributed by atoms with E-state index >= 15 is 0 Å². The van der Waals surface area contributed by atoms with Crippen LogP contribution in [-0.4, -0.2) is 84.7 Å². The molecule has 304 valence electrons. The maximum atomic E-state index is 12.4. The maximum absolute atomic E-state index is 12.4. The molecule has 0 bridgehead atoms. The van der Waals surface area contributed by atoms with Crippen LogP contribution in [0.5, 0.6) is 0 Å². The molecule has 0 aliphatic rings. The van der Waals surface area contributed by atoms with Crippen molar-refractivity contribution in [2.24, 2.45) is 0 Å². The Labute approximate surface area is 308 Å². The zero-order valence-corrected chi connectivity index (χ0v) is 29.8. The van der Waals surface area contributed by atoms with E-state index in [2.05, 4.69) is 28.4 Å². The molecular weight excluding hydrogens is 767 g/mol. The molecule has 0 amide bonds. The molecule has 1 N–H and O–H groups in total. The van der Waals surface area contributed by atoms with Crippen molar-refractivity contribution in [1.82, 2.24) is 0 Å². The SMILES string of the molecule is COC(=O)C(OC)=C(O)c1ccc(C(F)(F)F)cc1.COC(=O)c1ccc(C(F)(F)F)cc1.COCC(=O)OC.COCC(=O)c1ccc(C(F)(F)F)cc1. The number of Topliss-reactive ketones (excluding diaryl/α,β-unsaturated/α-hetero) is 1. The van der Waals surface area contributed by atoms with Crippen molar-refractivity contribution in [2.45, 2.75) is 18.5 Å². The van der Waals surface area contributed by atoms with Gasteiger partial charge in [-0.15, -0.1) is 0 Å². The number of hydrogen-bond donors (Lipinski definition) is 1. The Kier molecular flexibility index (Phi) is 20.8. The lowest BCUT2D eigenvalue weighted by molar-refractivity contribution is -0.145. The first-order valence-electron chi connectivity index (χ1n) is 14.8. The summed E-state index contributed by atoms with van der Waals surface area (Å²) in [6.45, 7) is -0.0954. The first-order valence-corrected chi connectivity index (χ1v) is 14.8. The standard InChI is InChI=1S/C12H11F3O4.C10H9F3O2.C9H7F3O2.C4H8O3/c1-18-10(11(17)19-2)9(16)7-3-5-8(6-4-7)12(13,14)15;1-15-6-9(14)7-2-4-8(5-3-7)10(11,12)13;1-14-8(13)6-2-4-7(5-3-6)9(10,11)12;1-6-3-4(5)7-2/h3-6,16H,1-2H3;2-5H,6H2,1H3;2-5H,1H3;3H2,1-2H3. The smallest absolute Gasteiger partial charge is 0.416 e. The molecule has 11 nitrogen and oxygen atoms in total. The molecule has 0 heterocycles. The molecule has 0 aromatic heterocycles. The van der Waals surface area contributed by atoms with Gasteiger partial charge < -0.3 is 33.5 Å². The van der Waals surface area contributed by atoms with Gasteiger partial charge in [-0.1, -0.05) is 24.3 Å². The van der Waals surface area contributed by atoms with E-state index < -0.39 is 58.7 Å². The first kappa shape index (κ1) is 49.4. The van der Waals surface area contributed by atoms with Crippen molar-refractivity contribution in [1.29, 1.82) is 0 Å². The number of aliphatic hydroxyl groups excluding tert-OH is 1. The number of esters is 3. The van der Waals surface area contributed by atoms with Gasteiger partial charge in [-0.05, 0) is 48.5 Å². The third-order valence-corrected chi connectivity index (χ3v) is 6.21. The lowest BCUT2D eigenvalue weighted by Crippen LogP contribution is -2.10. The second kappa shape index (κ2) is 23.2. The number of carbonyl (C=O) groups is 4. The van der Waals surface area contributed by atoms with Crippen LogP contribution in [0.25, 0.3) is 5.76 Å². The number of ether oxygens (including phenoxy) is 6. The van der Waals surface area contributed by atoms with Gasteiger partial charge in [0.1, 0.15) is 13.2 Å². The first-order chi connectivity index (χ1) is 25.5. The topological polar surface area (TPSA) is 144 Å². The Bertz CT molecular complexity index is 1680. The van der Waals surface area contributed by atoms with E-state index in [1.165, 1.54) is 28.4 Å². The molecule has 0 fully saturated rings. The van der Waals surface area contributed by atoms with E-state index in [-0.39, 0.29) is 41.7 Å². The zero-order valence-electron chi connectivity index (χ0n) is 29.8. The number of benzene rings is 3. The molecule has 3 aromatic rings. The molecule has 3 rings (SSSR count). The normalized spacial score (nSPS) is 11.4. The van der Waals surface area contributed by atoms with E-state index in [1.807, 2.05) is 0 Å². The summed E-state index contributed by atoms with van der Waals surface area (Å²) in [6.07, 6.45) is -13.2. The Morgan fingerprint density at radius 1 is 0.491 bits per heavy atom. The van der Waals surface area contributed by atoms with Gasteiger partial charge in [-0.25, -0.2) is 14.4 Å². The highest BCUT2D eigenvalue weighted by Gasteiger charge is 2.32. The number of halogens is 9. The number of aliphatic hydroxyl groups is 1. The van der Waals surface area contributed by atoms with Gasteiger partial charge in [0.05, 0.1) is 50.7 Å². The number of methoxy groups -OCH3 is 6. The molecule has 0 radical (unpaired) electrons. The predicted molar refractivity (Wildman–Crippen MR) is 174 cm³/mol. The van der Waals surface area contributed by atoms with Crippen molar-refractivity contribution < 1.29 is 92.2 Å². The summed E-state index contributed by atoms with van der Waals surface area (Å²) in [7, 11) is 7.49. The van der Waals surface area contributed by atoms with E-state index in [4.69, 9.17) is 0 Å². The third-order valence-electron chi connectivity index (χ3n) is 6.21. The van der Waals surface area contributed by atoms with Crippen LogP contribution in [0.1, 0.15) is 43.0 Å². The molecule has 20 heteroatoms. The zero-order chi connectivity index (χ0) is 42.6. The summed E-state index contributed by atoms with van der Waals surface area (Å²) in [5.41, 5.74) is -2.09. The molecule has 0 aliphatic heterocycles. The van der Waals surface area contributed by atoms with Crippen LogP contribution in [0.3, 0.4) is 0 Å². The molecule has 0 unspecified atom stereocenters. The quantitative estimate of drug-likeness (QED) is 0.0571. The summed E-state index contributed by atoms with van der Waals surface area (Å²) in [4.78, 5) is 43.4. The highest BCUT2D eigenvalue weighted by Crippen LogP contribution is 2.31. The van der Waals surface area contributed by atoms with Crippen molar-refractivity contribution >= 4 is 29.5 Å². The molecule has 3 aromatic carbocycles. The van der Waals surface area contributed by atoms with Crippen molar-refractivity contribution in [2.75, 3.05) is 55.9 Å². The average Bonchev–Trinajstić information content (AvgIpc) is 3.14. The van der Waals surface area contributed by atoms with Crippen molar-refractivity contribution in [3.8, 4) is 0 Å². The van der Waals surface area contributed by atoms with Gasteiger partial charge in [0.15, 0.2) is 11.5 Å². The Balaban J connectivity index is 0.000000739. The molecule has 0 saturated carbocycles. The molecule has 0 atom stereocenters. The van der Waals surface area contributed by atoms with Crippen LogP contribution >= 0.6 is 0 Å². The van der Waals surface area contributed by atoms with Crippen LogP contribution in [0.2, 0.25) is 0 Å². The fraction of sp³-hybridized carbons (Fsp3) is 0.314. The minimum Gasteiger partial charge on any atom is -0.504 e. The summed E-state index contributed by atoms with van der Waals surface area (Å²) in [6, 6.07) is 11.5. The number of ketones is 1. The Hall–Kier alpha value is -5.63. The van der Waals surface area contributed by atoms with E-state index in [0.29, 0.717) is 0 Å². The predicted octanol–water partition coefficient (Wildman–Crippen LogP) is 7.58. The second-order valence-electron chi connectivity index (χ2n) is 9.96. The third kappa shape index (κ3) is 17.8. The van der Waals surface area contributed by atoms with Gasteiger partial charge in [0, 0.05) is 25.3 Å². The van der Waals surface area contributed by atoms with E-state index in [9.17, 15) is 63.8 Å². The summed E-state index contributed by atoms with van der Waals surface area (Å²) in [5.74, 6) is -3.35. The Morgan fingerprint density at radius 3 is 1.13 bits per heavy atom. The molecular formula is C35H35F9O11. The summed E-state index contributed by atoms with van der Waals surface area (Å²) in [5, 5.41) is 9.75. The average molecular weight is 803 g/mol. The second-order valence-corrected chi connectivity index (χ2v) is 9.96. The van der Waals surface area contributed by atoms with Crippen LogP contribution in [0.4, 0.5) is 39.5 Å². The van der Waals surface area contributed by atoms with Crippen molar-refractivity contribution in [3.05, 3.63) is 112 Å². The van der Waals surface area contributed by atoms with Crippen LogP contribution in [0, 0.1) is 0 Å². The largest absolute Gasteiger partial charge is 0.504 e. The minimum absolute atomic E-state index is 0.00949. The fourth-order valence-corrected chi connectivity index (χ4v) is 3.47. The minimum atomic E-state index is -4.47. The molecule has 55 heavy (non-hydrogen) atoms. The number of alkyl halides is 9. The lowest BCUT2D eigenvalue weighted by Gasteiger charge is -2.09. The number of carbonyl (C=O) groups excluding carboxylic acids is 4. The summed E-state index contributed by atoms with van der Waals surface area (Å²) < 4.78 is 136.